The Labute approximate surface area is 221 Å². The number of rotatable bonds is 2. The Morgan fingerprint density at radius 1 is 0.421 bits per heavy atom. The van der Waals surface area contributed by atoms with E-state index in [0.29, 0.717) is 0 Å². The molecule has 0 fully saturated rings. The maximum Gasteiger partial charge on any atom is 0.0788 e. The van der Waals surface area contributed by atoms with E-state index < -0.39 is 0 Å². The summed E-state index contributed by atoms with van der Waals surface area (Å²) >= 11 is 0. The SMILES string of the molecule is Cc1ccc2cc(-n3c4ccccc4c4ccc5c6ccccc6n(-c6ccccc6)c5c43)ccc2c1C. The van der Waals surface area contributed by atoms with E-state index in [4.69, 9.17) is 0 Å². The highest BCUT2D eigenvalue weighted by Gasteiger charge is 2.21. The molecule has 6 aromatic carbocycles. The van der Waals surface area contributed by atoms with Crippen molar-refractivity contribution in [3.05, 3.63) is 132 Å². The molecule has 0 atom stereocenters. The minimum absolute atomic E-state index is 1.17. The van der Waals surface area contributed by atoms with E-state index in [1.807, 2.05) is 0 Å². The number of para-hydroxylation sites is 3. The first-order chi connectivity index (χ1) is 18.7. The zero-order chi connectivity index (χ0) is 25.4. The summed E-state index contributed by atoms with van der Waals surface area (Å²) < 4.78 is 4.91. The smallest absolute Gasteiger partial charge is 0.0788 e. The van der Waals surface area contributed by atoms with Gasteiger partial charge in [0.25, 0.3) is 0 Å². The number of fused-ring (bicyclic) bond motifs is 8. The molecular weight excluding hydrogens is 460 g/mol. The van der Waals surface area contributed by atoms with Gasteiger partial charge in [-0.05, 0) is 72.1 Å². The standard InChI is InChI=1S/C36H26N2/c1-23-16-17-25-22-27(18-19-28(25)24(23)2)38-34-15-9-7-13-30(34)32-21-20-31-29-12-6-8-14-33(29)37(35(31)36(32)38)26-10-4-3-5-11-26/h3-22H,1-2H3. The third-order valence-corrected chi connectivity index (χ3v) is 8.28. The summed E-state index contributed by atoms with van der Waals surface area (Å²) in [5.74, 6) is 0. The number of hydrogen-bond donors (Lipinski definition) is 0. The van der Waals surface area contributed by atoms with Crippen molar-refractivity contribution in [3.63, 3.8) is 0 Å². The van der Waals surface area contributed by atoms with Crippen LogP contribution in [0.4, 0.5) is 0 Å². The van der Waals surface area contributed by atoms with Gasteiger partial charge in [-0.2, -0.15) is 0 Å². The molecule has 0 unspecified atom stereocenters. The molecule has 2 heterocycles. The van der Waals surface area contributed by atoms with Crippen molar-refractivity contribution < 1.29 is 0 Å². The maximum atomic E-state index is 2.47. The number of benzene rings is 6. The van der Waals surface area contributed by atoms with E-state index in [9.17, 15) is 0 Å². The summed E-state index contributed by atoms with van der Waals surface area (Å²) in [7, 11) is 0. The number of hydrogen-bond acceptors (Lipinski definition) is 0. The number of nitrogens with zero attached hydrogens (tertiary/aromatic N) is 2. The Hall–Kier alpha value is -4.82. The van der Waals surface area contributed by atoms with Crippen molar-refractivity contribution in [2.75, 3.05) is 0 Å². The summed E-state index contributed by atoms with van der Waals surface area (Å²) in [6.45, 7) is 4.41. The van der Waals surface area contributed by atoms with Crippen LogP contribution in [-0.4, -0.2) is 9.13 Å². The van der Waals surface area contributed by atoms with E-state index in [1.165, 1.54) is 76.9 Å². The highest BCUT2D eigenvalue weighted by Crippen LogP contribution is 2.41. The van der Waals surface area contributed by atoms with Gasteiger partial charge in [0, 0.05) is 32.9 Å². The molecule has 0 aliphatic carbocycles. The summed E-state index contributed by atoms with van der Waals surface area (Å²) in [5, 5.41) is 7.68. The first-order valence-corrected chi connectivity index (χ1v) is 13.2. The van der Waals surface area contributed by atoms with Crippen LogP contribution in [0.25, 0.3) is 65.8 Å². The van der Waals surface area contributed by atoms with Gasteiger partial charge in [0.2, 0.25) is 0 Å². The van der Waals surface area contributed by atoms with Crippen LogP contribution in [0.1, 0.15) is 11.1 Å². The van der Waals surface area contributed by atoms with Gasteiger partial charge in [-0.1, -0.05) is 84.9 Å². The molecule has 0 aliphatic heterocycles. The summed E-state index contributed by atoms with van der Waals surface area (Å²) in [4.78, 5) is 0. The van der Waals surface area contributed by atoms with Crippen molar-refractivity contribution in [1.82, 2.24) is 9.13 Å². The molecule has 0 spiro atoms. The lowest BCUT2D eigenvalue weighted by atomic mass is 10.0. The van der Waals surface area contributed by atoms with Crippen molar-refractivity contribution in [2.45, 2.75) is 13.8 Å². The van der Waals surface area contributed by atoms with Gasteiger partial charge < -0.3 is 9.13 Å². The molecule has 0 bridgehead atoms. The lowest BCUT2D eigenvalue weighted by Crippen LogP contribution is -1.99. The van der Waals surface area contributed by atoms with Crippen LogP contribution >= 0.6 is 0 Å². The number of aryl methyl sites for hydroxylation is 2. The molecule has 0 N–H and O–H groups in total. The van der Waals surface area contributed by atoms with Crippen LogP contribution in [0.2, 0.25) is 0 Å². The second kappa shape index (κ2) is 7.84. The lowest BCUT2D eigenvalue weighted by Gasteiger charge is -2.14. The van der Waals surface area contributed by atoms with Crippen LogP contribution in [0.5, 0.6) is 0 Å². The molecule has 8 aromatic rings. The van der Waals surface area contributed by atoms with Crippen LogP contribution in [-0.2, 0) is 0 Å². The molecule has 180 valence electrons. The van der Waals surface area contributed by atoms with E-state index in [-0.39, 0.29) is 0 Å². The molecule has 0 radical (unpaired) electrons. The molecule has 0 saturated heterocycles. The molecule has 2 aromatic heterocycles. The zero-order valence-corrected chi connectivity index (χ0v) is 21.4. The molecule has 2 heteroatoms. The summed E-state index contributed by atoms with van der Waals surface area (Å²) in [6, 6.07) is 44.4. The quantitative estimate of drug-likeness (QED) is 0.230. The highest BCUT2D eigenvalue weighted by atomic mass is 15.0. The highest BCUT2D eigenvalue weighted by molar-refractivity contribution is 6.23. The fraction of sp³-hybridized carbons (Fsp3) is 0.0556. The van der Waals surface area contributed by atoms with Gasteiger partial charge in [0.15, 0.2) is 0 Å². The minimum atomic E-state index is 1.17. The zero-order valence-electron chi connectivity index (χ0n) is 21.4. The van der Waals surface area contributed by atoms with Crippen LogP contribution in [0.3, 0.4) is 0 Å². The molecule has 0 saturated carbocycles. The normalized spacial score (nSPS) is 11.9. The Morgan fingerprint density at radius 2 is 0.974 bits per heavy atom. The second-order valence-electron chi connectivity index (χ2n) is 10.3. The van der Waals surface area contributed by atoms with E-state index in [2.05, 4.69) is 144 Å². The van der Waals surface area contributed by atoms with Gasteiger partial charge in [0.1, 0.15) is 0 Å². The molecule has 0 aliphatic rings. The molecular formula is C36H26N2. The van der Waals surface area contributed by atoms with Crippen LogP contribution < -0.4 is 0 Å². The van der Waals surface area contributed by atoms with Crippen molar-refractivity contribution in [2.24, 2.45) is 0 Å². The fourth-order valence-electron chi connectivity index (χ4n) is 6.33. The van der Waals surface area contributed by atoms with Crippen LogP contribution in [0, 0.1) is 13.8 Å². The summed E-state index contributed by atoms with van der Waals surface area (Å²) in [6.07, 6.45) is 0. The minimum Gasteiger partial charge on any atom is -0.307 e. The van der Waals surface area contributed by atoms with E-state index in [0.717, 1.165) is 0 Å². The van der Waals surface area contributed by atoms with Gasteiger partial charge in [-0.15, -0.1) is 0 Å². The lowest BCUT2D eigenvalue weighted by molar-refractivity contribution is 1.15. The third-order valence-electron chi connectivity index (χ3n) is 8.28. The maximum absolute atomic E-state index is 2.47. The Bertz CT molecular complexity index is 2190. The first kappa shape index (κ1) is 21.3. The molecule has 8 rings (SSSR count). The van der Waals surface area contributed by atoms with Crippen molar-refractivity contribution in [3.8, 4) is 11.4 Å². The average Bonchev–Trinajstić information content (AvgIpc) is 3.48. The van der Waals surface area contributed by atoms with Gasteiger partial charge in [-0.25, -0.2) is 0 Å². The topological polar surface area (TPSA) is 9.86 Å². The van der Waals surface area contributed by atoms with E-state index >= 15 is 0 Å². The largest absolute Gasteiger partial charge is 0.307 e. The Morgan fingerprint density at radius 3 is 1.63 bits per heavy atom. The van der Waals surface area contributed by atoms with Crippen molar-refractivity contribution >= 4 is 54.4 Å². The van der Waals surface area contributed by atoms with Gasteiger partial charge in [0.05, 0.1) is 22.1 Å². The Kier molecular flexibility index (Phi) is 4.39. The van der Waals surface area contributed by atoms with Gasteiger partial charge >= 0.3 is 0 Å². The molecule has 38 heavy (non-hydrogen) atoms. The molecule has 0 amide bonds. The van der Waals surface area contributed by atoms with E-state index in [1.54, 1.807) is 0 Å². The predicted molar refractivity (Wildman–Crippen MR) is 162 cm³/mol. The van der Waals surface area contributed by atoms with Gasteiger partial charge in [-0.3, -0.25) is 0 Å². The third kappa shape index (κ3) is 2.83. The fourth-order valence-corrected chi connectivity index (χ4v) is 6.33. The van der Waals surface area contributed by atoms with Crippen LogP contribution in [0.15, 0.2) is 121 Å². The Balaban J connectivity index is 1.60. The second-order valence-corrected chi connectivity index (χ2v) is 10.3. The van der Waals surface area contributed by atoms with Crippen molar-refractivity contribution in [1.29, 1.82) is 0 Å². The average molecular weight is 487 g/mol. The number of aromatic nitrogens is 2. The monoisotopic (exact) mass is 486 g/mol. The predicted octanol–water partition coefficient (Wildman–Crippen LogP) is 9.65. The first-order valence-electron chi connectivity index (χ1n) is 13.2. The molecule has 2 nitrogen and oxygen atoms in total. The summed E-state index contributed by atoms with van der Waals surface area (Å²) in [5.41, 5.74) is 9.97.